The number of halogens is 2. The van der Waals surface area contributed by atoms with Crippen molar-refractivity contribution in [3.05, 3.63) is 64.6 Å². The van der Waals surface area contributed by atoms with E-state index in [0.29, 0.717) is 34.7 Å². The van der Waals surface area contributed by atoms with E-state index in [1.54, 1.807) is 17.4 Å². The normalized spacial score (nSPS) is 22.3. The first-order valence-corrected chi connectivity index (χ1v) is 11.0. The summed E-state index contributed by atoms with van der Waals surface area (Å²) in [7, 11) is 0. The third kappa shape index (κ3) is 3.62. The number of benzene rings is 1. The molecule has 1 amide bonds. The highest BCUT2D eigenvalue weighted by Crippen LogP contribution is 2.33. The van der Waals surface area contributed by atoms with Gasteiger partial charge in [-0.2, -0.15) is 0 Å². The van der Waals surface area contributed by atoms with Crippen LogP contribution in [0.5, 0.6) is 5.75 Å². The zero-order valence-corrected chi connectivity index (χ0v) is 18.1. The van der Waals surface area contributed by atoms with Crippen LogP contribution in [0, 0.1) is 31.4 Å². The van der Waals surface area contributed by atoms with E-state index in [0.717, 1.165) is 31.4 Å². The van der Waals surface area contributed by atoms with E-state index in [2.05, 4.69) is 15.6 Å². The molecule has 3 atom stereocenters. The summed E-state index contributed by atoms with van der Waals surface area (Å²) in [5.74, 6) is -0.649. The average molecular weight is 440 g/mol. The number of carbonyl (C=O) groups is 1. The zero-order valence-electron chi connectivity index (χ0n) is 18.1. The van der Waals surface area contributed by atoms with Crippen LogP contribution in [-0.2, 0) is 6.61 Å². The van der Waals surface area contributed by atoms with Crippen molar-refractivity contribution in [2.75, 3.05) is 6.54 Å². The standard InChI is InChI=1S/C24H26F2N4O2/c1-13-10-21(32-12-16-17(25)4-3-5-18(16)26)23-28-14(2)22(30(23)11-13)24(31)29-20-7-6-19-15(20)8-9-27-19/h3-5,10-11,15,19-20,27H,6-9,12H2,1-2H3,(H,29,31). The molecule has 1 aromatic carbocycles. The van der Waals surface area contributed by atoms with Crippen LogP contribution in [0.2, 0.25) is 0 Å². The molecular weight excluding hydrogens is 414 g/mol. The monoisotopic (exact) mass is 440 g/mol. The Morgan fingerprint density at radius 2 is 2.03 bits per heavy atom. The van der Waals surface area contributed by atoms with Gasteiger partial charge in [0.25, 0.3) is 5.91 Å². The highest BCUT2D eigenvalue weighted by Gasteiger charge is 2.40. The Hall–Kier alpha value is -3.00. The van der Waals surface area contributed by atoms with Crippen molar-refractivity contribution in [3.63, 3.8) is 0 Å². The van der Waals surface area contributed by atoms with E-state index in [9.17, 15) is 13.6 Å². The summed E-state index contributed by atoms with van der Waals surface area (Å²) >= 11 is 0. The second kappa shape index (κ2) is 8.16. The lowest BCUT2D eigenvalue weighted by Gasteiger charge is -2.19. The SMILES string of the molecule is Cc1cc(OCc2c(F)cccc2F)c2nc(C)c(C(=O)NC3CCC4NCCC43)n2c1. The van der Waals surface area contributed by atoms with Crippen LogP contribution in [0.3, 0.4) is 0 Å². The Bertz CT molecular complexity index is 1170. The maximum Gasteiger partial charge on any atom is 0.270 e. The third-order valence-corrected chi connectivity index (χ3v) is 6.67. The maximum atomic E-state index is 14.0. The average Bonchev–Trinajstić information content (AvgIpc) is 3.43. The number of pyridine rings is 1. The number of aryl methyl sites for hydroxylation is 2. The summed E-state index contributed by atoms with van der Waals surface area (Å²) in [5.41, 5.74) is 2.18. The highest BCUT2D eigenvalue weighted by molar-refractivity contribution is 5.95. The summed E-state index contributed by atoms with van der Waals surface area (Å²) in [4.78, 5) is 17.8. The lowest BCUT2D eigenvalue weighted by Crippen LogP contribution is -2.39. The van der Waals surface area contributed by atoms with Crippen molar-refractivity contribution in [1.82, 2.24) is 20.0 Å². The van der Waals surface area contributed by atoms with Gasteiger partial charge in [-0.1, -0.05) is 6.07 Å². The summed E-state index contributed by atoms with van der Waals surface area (Å²) in [6, 6.07) is 6.11. The highest BCUT2D eigenvalue weighted by atomic mass is 19.1. The predicted molar refractivity (Wildman–Crippen MR) is 116 cm³/mol. The second-order valence-corrected chi connectivity index (χ2v) is 8.78. The molecule has 0 spiro atoms. The summed E-state index contributed by atoms with van der Waals surface area (Å²) in [6.45, 7) is 4.38. The number of nitrogens with one attached hydrogen (secondary N) is 2. The molecule has 32 heavy (non-hydrogen) atoms. The van der Waals surface area contributed by atoms with Gasteiger partial charge in [0.05, 0.1) is 11.3 Å². The number of hydrogen-bond donors (Lipinski definition) is 2. The molecule has 3 unspecified atom stereocenters. The molecule has 168 valence electrons. The van der Waals surface area contributed by atoms with Crippen molar-refractivity contribution in [3.8, 4) is 5.75 Å². The fourth-order valence-electron chi connectivity index (χ4n) is 5.13. The molecule has 2 N–H and O–H groups in total. The van der Waals surface area contributed by atoms with Crippen molar-refractivity contribution in [1.29, 1.82) is 0 Å². The Kier molecular flexibility index (Phi) is 5.33. The van der Waals surface area contributed by atoms with Gasteiger partial charge in [0, 0.05) is 18.3 Å². The number of nitrogens with zero attached hydrogens (tertiary/aromatic N) is 2. The second-order valence-electron chi connectivity index (χ2n) is 8.78. The van der Waals surface area contributed by atoms with E-state index < -0.39 is 11.6 Å². The molecule has 6 nitrogen and oxygen atoms in total. The van der Waals surface area contributed by atoms with Crippen molar-refractivity contribution in [2.24, 2.45) is 5.92 Å². The third-order valence-electron chi connectivity index (χ3n) is 6.67. The molecule has 1 saturated carbocycles. The fourth-order valence-corrected chi connectivity index (χ4v) is 5.13. The molecule has 2 fully saturated rings. The Balaban J connectivity index is 1.43. The van der Waals surface area contributed by atoms with E-state index in [1.807, 2.05) is 13.1 Å². The summed E-state index contributed by atoms with van der Waals surface area (Å²) in [5, 5.41) is 6.73. The molecule has 0 radical (unpaired) electrons. The topological polar surface area (TPSA) is 67.7 Å². The largest absolute Gasteiger partial charge is 0.485 e. The predicted octanol–water partition coefficient (Wildman–Crippen LogP) is 3.68. The minimum absolute atomic E-state index is 0.144. The Morgan fingerprint density at radius 3 is 2.81 bits per heavy atom. The lowest BCUT2D eigenvalue weighted by atomic mass is 10.00. The van der Waals surface area contributed by atoms with Gasteiger partial charge >= 0.3 is 0 Å². The number of ether oxygens (including phenoxy) is 1. The number of fused-ring (bicyclic) bond motifs is 2. The van der Waals surface area contributed by atoms with E-state index in [1.165, 1.54) is 18.2 Å². The fraction of sp³-hybridized carbons (Fsp3) is 0.417. The van der Waals surface area contributed by atoms with Gasteiger partial charge in [-0.15, -0.1) is 0 Å². The van der Waals surface area contributed by atoms with Crippen LogP contribution in [-0.4, -0.2) is 33.9 Å². The summed E-state index contributed by atoms with van der Waals surface area (Å²) < 4.78 is 35.5. The number of carbonyl (C=O) groups excluding carboxylic acids is 1. The van der Waals surface area contributed by atoms with E-state index in [4.69, 9.17) is 4.74 Å². The van der Waals surface area contributed by atoms with Crippen molar-refractivity contribution < 1.29 is 18.3 Å². The molecule has 3 heterocycles. The van der Waals surface area contributed by atoms with Crippen LogP contribution >= 0.6 is 0 Å². The van der Waals surface area contributed by atoms with E-state index >= 15 is 0 Å². The number of hydrogen-bond acceptors (Lipinski definition) is 4. The van der Waals surface area contributed by atoms with Crippen LogP contribution in [0.1, 0.15) is 46.6 Å². The molecule has 1 aliphatic carbocycles. The van der Waals surface area contributed by atoms with Gasteiger partial charge in [0.2, 0.25) is 0 Å². The minimum Gasteiger partial charge on any atom is -0.485 e. The molecule has 2 aliphatic rings. The van der Waals surface area contributed by atoms with Gasteiger partial charge in [-0.05, 0) is 69.3 Å². The minimum atomic E-state index is -0.662. The van der Waals surface area contributed by atoms with Gasteiger partial charge in [-0.25, -0.2) is 13.8 Å². The molecule has 2 aromatic heterocycles. The number of aromatic nitrogens is 2. The number of rotatable bonds is 5. The first-order valence-electron chi connectivity index (χ1n) is 11.0. The zero-order chi connectivity index (χ0) is 22.4. The molecule has 1 saturated heterocycles. The van der Waals surface area contributed by atoms with Crippen LogP contribution in [0.4, 0.5) is 8.78 Å². The van der Waals surface area contributed by atoms with E-state index in [-0.39, 0.29) is 24.1 Å². The van der Waals surface area contributed by atoms with Crippen molar-refractivity contribution >= 4 is 11.6 Å². The first-order chi connectivity index (χ1) is 15.4. The Labute approximate surface area is 185 Å². The van der Waals surface area contributed by atoms with Crippen LogP contribution in [0.25, 0.3) is 5.65 Å². The number of imidazole rings is 1. The molecule has 1 aliphatic heterocycles. The lowest BCUT2D eigenvalue weighted by molar-refractivity contribution is 0.0921. The smallest absolute Gasteiger partial charge is 0.270 e. The Morgan fingerprint density at radius 1 is 1.25 bits per heavy atom. The molecule has 3 aromatic rings. The van der Waals surface area contributed by atoms with Gasteiger partial charge < -0.3 is 15.4 Å². The first kappa shape index (κ1) is 20.9. The molecule has 8 heteroatoms. The van der Waals surface area contributed by atoms with Gasteiger partial charge in [0.15, 0.2) is 11.4 Å². The number of amides is 1. The van der Waals surface area contributed by atoms with Crippen LogP contribution < -0.4 is 15.4 Å². The molecule has 5 rings (SSSR count). The van der Waals surface area contributed by atoms with Crippen LogP contribution in [0.15, 0.2) is 30.5 Å². The maximum absolute atomic E-state index is 14.0. The summed E-state index contributed by atoms with van der Waals surface area (Å²) in [6.07, 6.45) is 4.94. The van der Waals surface area contributed by atoms with Gasteiger partial charge in [0.1, 0.15) is 23.9 Å². The van der Waals surface area contributed by atoms with Gasteiger partial charge in [-0.3, -0.25) is 9.20 Å². The molecular formula is C24H26F2N4O2. The molecule has 0 bridgehead atoms. The quantitative estimate of drug-likeness (QED) is 0.635. The van der Waals surface area contributed by atoms with Crippen molar-refractivity contribution in [2.45, 2.75) is 51.8 Å².